The van der Waals surface area contributed by atoms with Crippen molar-refractivity contribution in [3.8, 4) is 0 Å². The van der Waals surface area contributed by atoms with Crippen LogP contribution in [0.1, 0.15) is 12.1 Å². The summed E-state index contributed by atoms with van der Waals surface area (Å²) in [4.78, 5) is 0. The smallest absolute Gasteiger partial charge is 0.0225 e. The van der Waals surface area contributed by atoms with E-state index in [1.54, 1.807) is 0 Å². The summed E-state index contributed by atoms with van der Waals surface area (Å²) in [6.45, 7) is 1.24. The van der Waals surface area contributed by atoms with Crippen LogP contribution < -0.4 is 0 Å². The molecule has 1 aromatic rings. The number of hydrogen-bond donors (Lipinski definition) is 0. The predicted octanol–water partition coefficient (Wildman–Crippen LogP) is 1.43. The van der Waals surface area contributed by atoms with E-state index in [-0.39, 0.29) is 0 Å². The zero-order chi connectivity index (χ0) is 5.40. The Labute approximate surface area is 48.9 Å². The minimum absolute atomic E-state index is 1.24. The van der Waals surface area contributed by atoms with E-state index in [4.69, 9.17) is 0 Å². The molecule has 2 rings (SSSR count). The Bertz CT molecular complexity index is 170. The number of aryl methyl sites for hydroxylation is 2. The summed E-state index contributed by atoms with van der Waals surface area (Å²) < 4.78 is 2.32. The van der Waals surface area contributed by atoms with E-state index in [9.17, 15) is 0 Å². The largest absolute Gasteiger partial charge is 0.351 e. The third-order valence-electron chi connectivity index (χ3n) is 1.76. The first-order chi connectivity index (χ1) is 3.97. The number of rotatable bonds is 0. The van der Waals surface area contributed by atoms with Crippen LogP contribution in [0.5, 0.6) is 0 Å². The zero-order valence-corrected chi connectivity index (χ0v) is 4.80. The molecule has 42 valence electrons. The molecule has 1 heteroatoms. The molecule has 0 saturated carbocycles. The van der Waals surface area contributed by atoms with Gasteiger partial charge in [0.2, 0.25) is 0 Å². The Hall–Kier alpha value is -0.720. The third kappa shape index (κ3) is 0.414. The second-order valence-corrected chi connectivity index (χ2v) is 2.30. The molecule has 1 aliphatic rings. The Balaban J connectivity index is 2.54. The number of aromatic nitrogens is 1. The van der Waals surface area contributed by atoms with Crippen LogP contribution in [0, 0.1) is 0 Å². The van der Waals surface area contributed by atoms with Gasteiger partial charge in [0, 0.05) is 18.4 Å². The van der Waals surface area contributed by atoms with E-state index in [0.29, 0.717) is 0 Å². The highest BCUT2D eigenvalue weighted by Crippen LogP contribution is 2.13. The molecule has 1 aromatic heterocycles. The fourth-order valence-electron chi connectivity index (χ4n) is 1.33. The van der Waals surface area contributed by atoms with Crippen LogP contribution in [0.3, 0.4) is 0 Å². The molecule has 0 bridgehead atoms. The second-order valence-electron chi connectivity index (χ2n) is 2.30. The van der Waals surface area contributed by atoms with E-state index in [0.717, 1.165) is 0 Å². The standard InChI is InChI=1S/C7H9N/c1-3-7-4-2-6-8(7)5-1/h1,3,5H,2,4,6H2. The zero-order valence-electron chi connectivity index (χ0n) is 4.80. The van der Waals surface area contributed by atoms with Crippen LogP contribution in [0.25, 0.3) is 0 Å². The molecule has 0 atom stereocenters. The van der Waals surface area contributed by atoms with E-state index in [2.05, 4.69) is 22.9 Å². The lowest BCUT2D eigenvalue weighted by Crippen LogP contribution is -1.86. The molecular weight excluding hydrogens is 98.1 g/mol. The molecule has 0 fully saturated rings. The summed E-state index contributed by atoms with van der Waals surface area (Å²) in [6, 6.07) is 4.32. The van der Waals surface area contributed by atoms with Crippen LogP contribution in [0.15, 0.2) is 18.3 Å². The second kappa shape index (κ2) is 1.38. The van der Waals surface area contributed by atoms with E-state index < -0.39 is 0 Å². The number of nitrogens with zero attached hydrogens (tertiary/aromatic N) is 1. The van der Waals surface area contributed by atoms with Crippen LogP contribution in [-0.2, 0) is 13.0 Å². The molecular formula is C7H9N. The number of hydrogen-bond acceptors (Lipinski definition) is 0. The normalized spacial score (nSPS) is 16.5. The van der Waals surface area contributed by atoms with Gasteiger partial charge in [-0.1, -0.05) is 0 Å². The summed E-state index contributed by atoms with van der Waals surface area (Å²) in [5, 5.41) is 0. The minimum Gasteiger partial charge on any atom is -0.351 e. The molecule has 0 saturated heterocycles. The molecule has 2 heterocycles. The third-order valence-corrected chi connectivity index (χ3v) is 1.76. The maximum Gasteiger partial charge on any atom is 0.0225 e. The quantitative estimate of drug-likeness (QED) is 0.472. The molecule has 8 heavy (non-hydrogen) atoms. The Morgan fingerprint density at radius 1 is 1.50 bits per heavy atom. The summed E-state index contributed by atoms with van der Waals surface area (Å²) in [6.07, 6.45) is 4.78. The van der Waals surface area contributed by atoms with E-state index >= 15 is 0 Å². The molecule has 0 aliphatic carbocycles. The molecule has 0 amide bonds. The topological polar surface area (TPSA) is 4.93 Å². The van der Waals surface area contributed by atoms with Crippen LogP contribution in [0.2, 0.25) is 0 Å². The molecule has 0 N–H and O–H groups in total. The Kier molecular flexibility index (Phi) is 0.720. The van der Waals surface area contributed by atoms with Gasteiger partial charge in [0.1, 0.15) is 0 Å². The van der Waals surface area contributed by atoms with Gasteiger partial charge in [0.15, 0.2) is 0 Å². The highest BCUT2D eigenvalue weighted by molar-refractivity contribution is 5.09. The fraction of sp³-hybridized carbons (Fsp3) is 0.429. The van der Waals surface area contributed by atoms with Gasteiger partial charge in [-0.3, -0.25) is 0 Å². The van der Waals surface area contributed by atoms with E-state index in [1.165, 1.54) is 25.1 Å². The van der Waals surface area contributed by atoms with Crippen molar-refractivity contribution in [2.75, 3.05) is 0 Å². The lowest BCUT2D eigenvalue weighted by atomic mass is 10.3. The van der Waals surface area contributed by atoms with Crippen molar-refractivity contribution in [1.29, 1.82) is 0 Å². The maximum atomic E-state index is 2.32. The van der Waals surface area contributed by atoms with Crippen molar-refractivity contribution in [3.05, 3.63) is 24.0 Å². The van der Waals surface area contributed by atoms with Crippen molar-refractivity contribution >= 4 is 0 Å². The van der Waals surface area contributed by atoms with Gasteiger partial charge < -0.3 is 4.57 Å². The Morgan fingerprint density at radius 2 is 2.50 bits per heavy atom. The van der Waals surface area contributed by atoms with Crippen LogP contribution in [0.4, 0.5) is 0 Å². The van der Waals surface area contributed by atoms with Gasteiger partial charge in [-0.15, -0.1) is 0 Å². The first-order valence-corrected chi connectivity index (χ1v) is 3.11. The average Bonchev–Trinajstić information content (AvgIpc) is 2.15. The molecule has 0 unspecified atom stereocenters. The minimum atomic E-state index is 1.24. The van der Waals surface area contributed by atoms with E-state index in [1.807, 2.05) is 0 Å². The summed E-state index contributed by atoms with van der Waals surface area (Å²) >= 11 is 0. The Morgan fingerprint density at radius 3 is 3.38 bits per heavy atom. The number of fused-ring (bicyclic) bond motifs is 1. The average molecular weight is 107 g/mol. The van der Waals surface area contributed by atoms with Gasteiger partial charge in [-0.2, -0.15) is 0 Å². The molecule has 0 spiro atoms. The monoisotopic (exact) mass is 107 g/mol. The highest BCUT2D eigenvalue weighted by Gasteiger charge is 2.06. The molecule has 0 radical (unpaired) electrons. The van der Waals surface area contributed by atoms with Crippen molar-refractivity contribution in [2.24, 2.45) is 0 Å². The van der Waals surface area contributed by atoms with Crippen molar-refractivity contribution in [3.63, 3.8) is 0 Å². The first-order valence-electron chi connectivity index (χ1n) is 3.11. The lowest BCUT2D eigenvalue weighted by molar-refractivity contribution is 0.750. The highest BCUT2D eigenvalue weighted by atomic mass is 15.0. The van der Waals surface area contributed by atoms with Crippen molar-refractivity contribution in [2.45, 2.75) is 19.4 Å². The summed E-state index contributed by atoms with van der Waals surface area (Å²) in [5.41, 5.74) is 1.50. The van der Waals surface area contributed by atoms with Gasteiger partial charge >= 0.3 is 0 Å². The van der Waals surface area contributed by atoms with Crippen molar-refractivity contribution in [1.82, 2.24) is 4.57 Å². The van der Waals surface area contributed by atoms with Gasteiger partial charge in [0.05, 0.1) is 0 Å². The van der Waals surface area contributed by atoms with Gasteiger partial charge in [0.25, 0.3) is 0 Å². The lowest BCUT2D eigenvalue weighted by Gasteiger charge is -1.90. The predicted molar refractivity (Wildman–Crippen MR) is 32.8 cm³/mol. The SMILES string of the molecule is c1cc2n(c1)CCC2. The van der Waals surface area contributed by atoms with Gasteiger partial charge in [-0.25, -0.2) is 0 Å². The maximum absolute atomic E-state index is 2.32. The van der Waals surface area contributed by atoms with Crippen LogP contribution >= 0.6 is 0 Å². The first kappa shape index (κ1) is 4.19. The van der Waals surface area contributed by atoms with Crippen molar-refractivity contribution < 1.29 is 0 Å². The molecule has 1 aliphatic heterocycles. The van der Waals surface area contributed by atoms with Crippen LogP contribution in [-0.4, -0.2) is 4.57 Å². The summed E-state index contributed by atoms with van der Waals surface area (Å²) in [7, 11) is 0. The fourth-order valence-corrected chi connectivity index (χ4v) is 1.33. The summed E-state index contributed by atoms with van der Waals surface area (Å²) in [5.74, 6) is 0. The molecule has 1 nitrogen and oxygen atoms in total. The molecule has 0 aromatic carbocycles. The van der Waals surface area contributed by atoms with Gasteiger partial charge in [-0.05, 0) is 25.0 Å².